The van der Waals surface area contributed by atoms with Gasteiger partial charge in [0.1, 0.15) is 23.5 Å². The maximum absolute atomic E-state index is 13.1. The van der Waals surface area contributed by atoms with Gasteiger partial charge in [-0.2, -0.15) is 18.4 Å². The predicted molar refractivity (Wildman–Crippen MR) is 116 cm³/mol. The summed E-state index contributed by atoms with van der Waals surface area (Å²) in [6.45, 7) is -0.696. The zero-order chi connectivity index (χ0) is 23.8. The van der Waals surface area contributed by atoms with Crippen LogP contribution in [-0.2, 0) is 30.4 Å². The molecule has 2 heterocycles. The Bertz CT molecular complexity index is 1320. The van der Waals surface area contributed by atoms with Crippen molar-refractivity contribution in [2.24, 2.45) is 0 Å². The van der Waals surface area contributed by atoms with Crippen LogP contribution in [0.3, 0.4) is 0 Å². The van der Waals surface area contributed by atoms with E-state index in [9.17, 15) is 28.0 Å². The third-order valence-corrected chi connectivity index (χ3v) is 5.81. The average Bonchev–Trinajstić information content (AvgIpc) is 3.09. The highest BCUT2D eigenvalue weighted by molar-refractivity contribution is 6.30. The Labute approximate surface area is 191 Å². The highest BCUT2D eigenvalue weighted by atomic mass is 35.5. The molecule has 0 saturated heterocycles. The molecule has 1 aromatic carbocycles. The van der Waals surface area contributed by atoms with Gasteiger partial charge in [-0.05, 0) is 49.4 Å². The van der Waals surface area contributed by atoms with Crippen molar-refractivity contribution in [3.8, 4) is 11.8 Å². The lowest BCUT2D eigenvalue weighted by molar-refractivity contribution is -0.138. The Hall–Kier alpha value is -3.51. The van der Waals surface area contributed by atoms with Crippen molar-refractivity contribution < 1.29 is 18.0 Å². The maximum Gasteiger partial charge on any atom is 0.417 e. The molecule has 1 N–H and O–H groups in total. The number of nitriles is 1. The number of halogens is 4. The van der Waals surface area contributed by atoms with Crippen LogP contribution < -0.4 is 10.9 Å². The molecule has 4 rings (SSSR count). The Morgan fingerprint density at radius 2 is 1.88 bits per heavy atom. The van der Waals surface area contributed by atoms with Gasteiger partial charge in [-0.25, -0.2) is 0 Å². The predicted octanol–water partition coefficient (Wildman–Crippen LogP) is 4.70. The number of nitrogens with zero attached hydrogens (tertiary/aromatic N) is 3. The third-order valence-electron chi connectivity index (χ3n) is 5.54. The van der Waals surface area contributed by atoms with Gasteiger partial charge in [0.05, 0.1) is 11.1 Å². The fraction of sp³-hybridized carbons (Fsp3) is 0.261. The van der Waals surface area contributed by atoms with Gasteiger partial charge in [-0.1, -0.05) is 29.8 Å². The van der Waals surface area contributed by atoms with E-state index in [4.69, 9.17) is 11.6 Å². The zero-order valence-corrected chi connectivity index (χ0v) is 18.0. The number of rotatable bonds is 4. The quantitative estimate of drug-likeness (QED) is 0.595. The highest BCUT2D eigenvalue weighted by Crippen LogP contribution is 2.35. The third kappa shape index (κ3) is 4.39. The molecule has 6 nitrogen and oxygen atoms in total. The van der Waals surface area contributed by atoms with Gasteiger partial charge in [-0.15, -0.1) is 0 Å². The van der Waals surface area contributed by atoms with Crippen LogP contribution in [0.25, 0.3) is 5.69 Å². The van der Waals surface area contributed by atoms with Crippen molar-refractivity contribution in [1.82, 2.24) is 9.13 Å². The lowest BCUT2D eigenvalue weighted by Crippen LogP contribution is -2.29. The Balaban J connectivity index is 1.74. The first-order valence-electron chi connectivity index (χ1n) is 10.2. The fourth-order valence-electron chi connectivity index (χ4n) is 4.09. The van der Waals surface area contributed by atoms with E-state index in [1.54, 1.807) is 4.57 Å². The SMILES string of the molecule is N#Cc1c2c(n(-c3ccccc3)c1NC(=O)Cn1cc(C(F)(F)F)cc(Cl)c1=O)CCCC2. The minimum Gasteiger partial charge on any atom is -0.309 e. The topological polar surface area (TPSA) is 79.8 Å². The molecule has 0 spiro atoms. The van der Waals surface area contributed by atoms with Crippen LogP contribution in [0.1, 0.15) is 35.2 Å². The molecule has 10 heteroatoms. The number of hydrogen-bond donors (Lipinski definition) is 1. The summed E-state index contributed by atoms with van der Waals surface area (Å²) in [6.07, 6.45) is -0.932. The summed E-state index contributed by atoms with van der Waals surface area (Å²) < 4.78 is 41.8. The second-order valence-electron chi connectivity index (χ2n) is 7.69. The summed E-state index contributed by atoms with van der Waals surface area (Å²) in [5.74, 6) is -0.511. The summed E-state index contributed by atoms with van der Waals surface area (Å²) in [5.41, 5.74) is 0.766. The number of carbonyl (C=O) groups excluding carboxylic acids is 1. The molecule has 33 heavy (non-hydrogen) atoms. The smallest absolute Gasteiger partial charge is 0.309 e. The second kappa shape index (κ2) is 8.79. The second-order valence-corrected chi connectivity index (χ2v) is 8.10. The lowest BCUT2D eigenvalue weighted by atomic mass is 9.95. The van der Waals surface area contributed by atoms with Crippen LogP contribution in [0.2, 0.25) is 5.02 Å². The highest BCUT2D eigenvalue weighted by Gasteiger charge is 2.32. The zero-order valence-electron chi connectivity index (χ0n) is 17.2. The van der Waals surface area contributed by atoms with Crippen LogP contribution in [0.4, 0.5) is 19.0 Å². The van der Waals surface area contributed by atoms with Crippen LogP contribution in [-0.4, -0.2) is 15.0 Å². The molecule has 0 radical (unpaired) electrons. The van der Waals surface area contributed by atoms with E-state index in [1.165, 1.54) is 0 Å². The van der Waals surface area contributed by atoms with Crippen molar-refractivity contribution in [2.45, 2.75) is 38.4 Å². The fourth-order valence-corrected chi connectivity index (χ4v) is 4.32. The number of aromatic nitrogens is 2. The molecule has 1 amide bonds. The van der Waals surface area contributed by atoms with E-state index in [-0.39, 0.29) is 5.82 Å². The molecule has 1 aliphatic carbocycles. The maximum atomic E-state index is 13.1. The lowest BCUT2D eigenvalue weighted by Gasteiger charge is -2.17. The first-order chi connectivity index (χ1) is 15.7. The number of hydrogen-bond acceptors (Lipinski definition) is 3. The summed E-state index contributed by atoms with van der Waals surface area (Å²) in [7, 11) is 0. The van der Waals surface area contributed by atoms with E-state index < -0.39 is 34.8 Å². The van der Waals surface area contributed by atoms with E-state index in [0.717, 1.165) is 36.2 Å². The molecule has 0 bridgehead atoms. The summed E-state index contributed by atoms with van der Waals surface area (Å²) in [6, 6.07) is 11.9. The van der Waals surface area contributed by atoms with Crippen molar-refractivity contribution >= 4 is 23.3 Å². The molecule has 0 atom stereocenters. The van der Waals surface area contributed by atoms with E-state index >= 15 is 0 Å². The molecule has 0 fully saturated rings. The number of amides is 1. The normalized spacial score (nSPS) is 13.3. The molecular weight excluding hydrogens is 457 g/mol. The van der Waals surface area contributed by atoms with E-state index in [1.807, 2.05) is 30.3 Å². The van der Waals surface area contributed by atoms with Crippen molar-refractivity contribution in [3.05, 3.63) is 80.4 Å². The monoisotopic (exact) mass is 474 g/mol. The Morgan fingerprint density at radius 1 is 1.18 bits per heavy atom. The first kappa shape index (κ1) is 22.7. The van der Waals surface area contributed by atoms with E-state index in [2.05, 4.69) is 11.4 Å². The number of fused-ring (bicyclic) bond motifs is 1. The molecule has 0 aliphatic heterocycles. The molecule has 170 valence electrons. The minimum atomic E-state index is -4.73. The number of carbonyl (C=O) groups is 1. The molecular formula is C23H18ClF3N4O2. The first-order valence-corrected chi connectivity index (χ1v) is 10.6. The van der Waals surface area contributed by atoms with E-state index in [0.29, 0.717) is 28.8 Å². The van der Waals surface area contributed by atoms with Gasteiger partial charge < -0.3 is 9.88 Å². The van der Waals surface area contributed by atoms with Crippen LogP contribution in [0.5, 0.6) is 0 Å². The van der Waals surface area contributed by atoms with Crippen molar-refractivity contribution in [3.63, 3.8) is 0 Å². The molecule has 0 unspecified atom stereocenters. The van der Waals surface area contributed by atoms with Gasteiger partial charge >= 0.3 is 6.18 Å². The number of benzene rings is 1. The Morgan fingerprint density at radius 3 is 2.55 bits per heavy atom. The Kier molecular flexibility index (Phi) is 6.04. The molecule has 3 aromatic rings. The van der Waals surface area contributed by atoms with Gasteiger partial charge in [-0.3, -0.25) is 14.2 Å². The van der Waals surface area contributed by atoms with Crippen molar-refractivity contribution in [1.29, 1.82) is 5.26 Å². The number of anilines is 1. The molecule has 0 saturated carbocycles. The van der Waals surface area contributed by atoms with Gasteiger partial charge in [0.2, 0.25) is 5.91 Å². The van der Waals surface area contributed by atoms with Gasteiger partial charge in [0.15, 0.2) is 0 Å². The largest absolute Gasteiger partial charge is 0.417 e. The number of nitrogens with one attached hydrogen (secondary N) is 1. The molecule has 2 aromatic heterocycles. The van der Waals surface area contributed by atoms with Crippen LogP contribution in [0.15, 0.2) is 47.4 Å². The average molecular weight is 475 g/mol. The number of para-hydroxylation sites is 1. The summed E-state index contributed by atoms with van der Waals surface area (Å²) in [5, 5.41) is 11.8. The van der Waals surface area contributed by atoms with Crippen molar-refractivity contribution in [2.75, 3.05) is 5.32 Å². The van der Waals surface area contributed by atoms with Crippen LogP contribution in [0, 0.1) is 11.3 Å². The summed E-state index contributed by atoms with van der Waals surface area (Å²) in [4.78, 5) is 25.1. The van der Waals surface area contributed by atoms with Gasteiger partial charge in [0, 0.05) is 17.6 Å². The van der Waals surface area contributed by atoms with Gasteiger partial charge in [0.25, 0.3) is 5.56 Å². The minimum absolute atomic E-state index is 0.242. The molecule has 1 aliphatic rings. The summed E-state index contributed by atoms with van der Waals surface area (Å²) >= 11 is 5.68. The number of pyridine rings is 1. The number of alkyl halides is 3. The van der Waals surface area contributed by atoms with Crippen LogP contribution >= 0.6 is 11.6 Å². The standard InChI is InChI=1S/C23H18ClF3N4O2/c24-18-10-14(23(25,26)27)12-30(22(18)33)13-20(32)29-21-17(11-28)16-8-4-5-9-19(16)31(21)15-6-2-1-3-7-15/h1-3,6-7,10,12H,4-5,8-9,13H2,(H,29,32).